The van der Waals surface area contributed by atoms with Crippen molar-refractivity contribution >= 4 is 28.7 Å². The molecule has 0 saturated carbocycles. The number of halogens is 3. The van der Waals surface area contributed by atoms with Crippen molar-refractivity contribution in [2.45, 2.75) is 51.2 Å². The number of alkyl halides is 3. The summed E-state index contributed by atoms with van der Waals surface area (Å²) in [5.74, 6) is -0.434. The zero-order chi connectivity index (χ0) is 21.6. The highest BCUT2D eigenvalue weighted by molar-refractivity contribution is 7.80. The van der Waals surface area contributed by atoms with Crippen LogP contribution in [0.5, 0.6) is 0 Å². The van der Waals surface area contributed by atoms with Crippen molar-refractivity contribution < 1.29 is 18.0 Å². The summed E-state index contributed by atoms with van der Waals surface area (Å²) < 4.78 is 39.5. The average molecular weight is 423 g/mol. The van der Waals surface area contributed by atoms with Gasteiger partial charge in [0, 0.05) is 25.1 Å². The molecule has 0 aliphatic heterocycles. The van der Waals surface area contributed by atoms with E-state index in [1.54, 1.807) is 12.1 Å². The van der Waals surface area contributed by atoms with Crippen LogP contribution in [-0.4, -0.2) is 16.8 Å². The van der Waals surface area contributed by atoms with E-state index in [0.717, 1.165) is 11.6 Å². The molecule has 3 nitrogen and oxygen atoms in total. The predicted octanol–water partition coefficient (Wildman–Crippen LogP) is 5.29. The summed E-state index contributed by atoms with van der Waals surface area (Å²) in [5, 5.41) is 2.80. The molecule has 29 heavy (non-hydrogen) atoms. The number of rotatable bonds is 8. The number of amides is 1. The lowest BCUT2D eigenvalue weighted by Crippen LogP contribution is -2.32. The number of para-hydroxylation sites is 1. The van der Waals surface area contributed by atoms with Crippen LogP contribution in [0.4, 0.5) is 18.9 Å². The molecule has 2 aromatic carbocycles. The highest BCUT2D eigenvalue weighted by Crippen LogP contribution is 2.33. The third kappa shape index (κ3) is 7.16. The summed E-state index contributed by atoms with van der Waals surface area (Å²) in [6.07, 6.45) is -3.03. The van der Waals surface area contributed by atoms with Gasteiger partial charge in [-0.3, -0.25) is 4.79 Å². The second kappa shape index (κ2) is 9.87. The Morgan fingerprint density at radius 1 is 1.17 bits per heavy atom. The first-order valence-corrected chi connectivity index (χ1v) is 9.76. The molecule has 0 spiro atoms. The van der Waals surface area contributed by atoms with Crippen molar-refractivity contribution in [3.63, 3.8) is 0 Å². The largest absolute Gasteiger partial charge is 0.416 e. The summed E-state index contributed by atoms with van der Waals surface area (Å²) >= 11 is 5.55. The number of anilines is 1. The maximum absolute atomic E-state index is 13.2. The van der Waals surface area contributed by atoms with Crippen LogP contribution in [0.2, 0.25) is 0 Å². The molecule has 0 fully saturated rings. The number of hydrogen-bond acceptors (Lipinski definition) is 3. The second-order valence-electron chi connectivity index (χ2n) is 7.28. The fourth-order valence-electron chi connectivity index (χ4n) is 3.39. The van der Waals surface area contributed by atoms with Gasteiger partial charge in [0.05, 0.1) is 5.56 Å². The molecule has 2 atom stereocenters. The third-order valence-electron chi connectivity index (χ3n) is 4.69. The Kier molecular flexibility index (Phi) is 7.79. The summed E-state index contributed by atoms with van der Waals surface area (Å²) in [6.45, 7) is 3.25. The fourth-order valence-corrected chi connectivity index (χ4v) is 3.75. The minimum Gasteiger partial charge on any atom is -0.398 e. The highest BCUT2D eigenvalue weighted by Gasteiger charge is 2.31. The van der Waals surface area contributed by atoms with Crippen molar-refractivity contribution in [3.8, 4) is 0 Å². The van der Waals surface area contributed by atoms with Crippen molar-refractivity contribution in [3.05, 3.63) is 65.2 Å². The van der Waals surface area contributed by atoms with Crippen molar-refractivity contribution in [1.82, 2.24) is 5.32 Å². The Hall–Kier alpha value is -2.41. The Balaban J connectivity index is 2.24. The fraction of sp³-hybridized carbons (Fsp3) is 0.364. The van der Waals surface area contributed by atoms with E-state index in [0.29, 0.717) is 35.4 Å². The van der Waals surface area contributed by atoms with Crippen LogP contribution in [0.15, 0.2) is 48.5 Å². The minimum absolute atomic E-state index is 0.181. The minimum atomic E-state index is -4.41. The van der Waals surface area contributed by atoms with Gasteiger partial charge in [0.2, 0.25) is 5.91 Å². The topological polar surface area (TPSA) is 55.1 Å². The lowest BCUT2D eigenvalue weighted by molar-refractivity contribution is -0.137. The summed E-state index contributed by atoms with van der Waals surface area (Å²) in [5.41, 5.74) is 7.38. The molecule has 0 saturated heterocycles. The van der Waals surface area contributed by atoms with Crippen LogP contribution in [0.3, 0.4) is 0 Å². The first kappa shape index (κ1) is 22.9. The molecule has 2 aromatic rings. The van der Waals surface area contributed by atoms with E-state index in [-0.39, 0.29) is 17.9 Å². The van der Waals surface area contributed by atoms with Gasteiger partial charge in [0.15, 0.2) is 0 Å². The maximum Gasteiger partial charge on any atom is 0.416 e. The van der Waals surface area contributed by atoms with Crippen LogP contribution < -0.4 is 11.1 Å². The van der Waals surface area contributed by atoms with Gasteiger partial charge in [-0.15, -0.1) is 0 Å². The third-order valence-corrected chi connectivity index (χ3v) is 5.00. The lowest BCUT2D eigenvalue weighted by Gasteiger charge is -2.23. The quantitative estimate of drug-likeness (QED) is 0.449. The van der Waals surface area contributed by atoms with E-state index in [1.165, 1.54) is 19.1 Å². The Morgan fingerprint density at radius 3 is 2.48 bits per heavy atom. The molecule has 0 aromatic heterocycles. The molecule has 3 N–H and O–H groups in total. The number of hydrogen-bond donors (Lipinski definition) is 2. The lowest BCUT2D eigenvalue weighted by atomic mass is 9.86. The van der Waals surface area contributed by atoms with Gasteiger partial charge in [-0.1, -0.05) is 48.6 Å². The Labute approximate surface area is 174 Å². The molecule has 0 heterocycles. The summed E-state index contributed by atoms with van der Waals surface area (Å²) in [4.78, 5) is 12.1. The smallest absolute Gasteiger partial charge is 0.398 e. The summed E-state index contributed by atoms with van der Waals surface area (Å²) in [6, 6.07) is 12.5. The van der Waals surface area contributed by atoms with Gasteiger partial charge < -0.3 is 11.1 Å². The molecule has 156 valence electrons. The molecule has 0 aliphatic rings. The first-order valence-electron chi connectivity index (χ1n) is 9.35. The molecule has 0 radical (unpaired) electrons. The van der Waals surface area contributed by atoms with Gasteiger partial charge in [0.25, 0.3) is 0 Å². The zero-order valence-corrected chi connectivity index (χ0v) is 17.2. The van der Waals surface area contributed by atoms with Crippen LogP contribution >= 0.6 is 12.2 Å². The second-order valence-corrected chi connectivity index (χ2v) is 7.85. The monoisotopic (exact) mass is 422 g/mol. The van der Waals surface area contributed by atoms with Crippen LogP contribution in [-0.2, 0) is 17.4 Å². The number of nitrogens with one attached hydrogen (secondary N) is 1. The molecule has 2 unspecified atom stereocenters. The molecular formula is C22H25F3N2OS. The zero-order valence-electron chi connectivity index (χ0n) is 16.4. The van der Waals surface area contributed by atoms with Gasteiger partial charge in [-0.25, -0.2) is 0 Å². The molecule has 1 amide bonds. The van der Waals surface area contributed by atoms with E-state index < -0.39 is 11.7 Å². The Morgan fingerprint density at radius 2 is 1.86 bits per heavy atom. The van der Waals surface area contributed by atoms with Gasteiger partial charge in [0.1, 0.15) is 0 Å². The van der Waals surface area contributed by atoms with Gasteiger partial charge in [-0.05, 0) is 53.8 Å². The maximum atomic E-state index is 13.2. The van der Waals surface area contributed by atoms with Crippen LogP contribution in [0.1, 0.15) is 49.3 Å². The van der Waals surface area contributed by atoms with E-state index in [4.69, 9.17) is 18.0 Å². The number of nitrogens with two attached hydrogens (primary N) is 1. The van der Waals surface area contributed by atoms with Crippen LogP contribution in [0, 0.1) is 0 Å². The van der Waals surface area contributed by atoms with E-state index in [2.05, 4.69) is 5.32 Å². The van der Waals surface area contributed by atoms with Crippen molar-refractivity contribution in [1.29, 1.82) is 0 Å². The number of nitrogen functional groups attached to an aromatic ring is 1. The number of carbonyl (C=O) groups is 1. The van der Waals surface area contributed by atoms with Crippen molar-refractivity contribution in [2.24, 2.45) is 0 Å². The number of carbonyl (C=O) groups excluding carboxylic acids is 1. The molecular weight excluding hydrogens is 397 g/mol. The van der Waals surface area contributed by atoms with E-state index in [9.17, 15) is 18.0 Å². The van der Waals surface area contributed by atoms with Crippen LogP contribution in [0.25, 0.3) is 0 Å². The SMILES string of the molecule is CC(=O)NC(C)CC(CC(=S)Cc1ccccc1N)c1cccc(C(F)(F)F)c1. The highest BCUT2D eigenvalue weighted by atomic mass is 32.1. The van der Waals surface area contributed by atoms with Gasteiger partial charge >= 0.3 is 6.18 Å². The molecule has 7 heteroatoms. The molecule has 0 aliphatic carbocycles. The van der Waals surface area contributed by atoms with E-state index >= 15 is 0 Å². The number of thiocarbonyl (C=S) groups is 1. The molecule has 2 rings (SSSR count). The molecule has 0 bridgehead atoms. The standard InChI is InChI=1S/C22H25F3N2OS/c1-14(27-15(2)28)10-18(16-7-5-8-19(11-16)22(23,24)25)13-20(29)12-17-6-3-4-9-21(17)26/h3-9,11,14,18H,10,12-13,26H2,1-2H3,(H,27,28). The summed E-state index contributed by atoms with van der Waals surface area (Å²) in [7, 11) is 0. The van der Waals surface area contributed by atoms with Crippen molar-refractivity contribution in [2.75, 3.05) is 5.73 Å². The van der Waals surface area contributed by atoms with Gasteiger partial charge in [-0.2, -0.15) is 13.2 Å². The Bertz CT molecular complexity index is 867. The number of benzene rings is 2. The van der Waals surface area contributed by atoms with E-state index in [1.807, 2.05) is 25.1 Å². The average Bonchev–Trinajstić information content (AvgIpc) is 2.62. The predicted molar refractivity (Wildman–Crippen MR) is 114 cm³/mol. The first-order chi connectivity index (χ1) is 13.6. The normalized spacial score (nSPS) is 13.6.